The van der Waals surface area contributed by atoms with E-state index in [9.17, 15) is 14.7 Å². The minimum atomic E-state index is -0.883. The van der Waals surface area contributed by atoms with Crippen LogP contribution in [0.25, 0.3) is 0 Å². The number of carboxylic acid groups (broad SMARTS) is 1. The first-order valence-corrected chi connectivity index (χ1v) is 7.39. The SMILES string of the molecule is O=C(O)[C@H]1c2ccccc2C(=O)N2CCc3ccccc3[C@H]12. The van der Waals surface area contributed by atoms with E-state index >= 15 is 0 Å². The minimum absolute atomic E-state index is 0.0624. The molecule has 0 saturated heterocycles. The topological polar surface area (TPSA) is 57.6 Å². The Morgan fingerprint density at radius 3 is 2.50 bits per heavy atom. The fourth-order valence-corrected chi connectivity index (χ4v) is 3.74. The largest absolute Gasteiger partial charge is 0.481 e. The molecule has 1 amide bonds. The minimum Gasteiger partial charge on any atom is -0.481 e. The van der Waals surface area contributed by atoms with Crippen LogP contribution in [0.1, 0.15) is 39.0 Å². The molecule has 2 aliphatic heterocycles. The Bertz CT molecular complexity index is 783. The van der Waals surface area contributed by atoms with Crippen molar-refractivity contribution in [1.29, 1.82) is 0 Å². The van der Waals surface area contributed by atoms with E-state index in [2.05, 4.69) is 0 Å². The molecule has 0 radical (unpaired) electrons. The summed E-state index contributed by atoms with van der Waals surface area (Å²) in [7, 11) is 0. The summed E-state index contributed by atoms with van der Waals surface area (Å²) >= 11 is 0. The maximum absolute atomic E-state index is 12.8. The van der Waals surface area contributed by atoms with Crippen LogP contribution in [0.15, 0.2) is 48.5 Å². The summed E-state index contributed by atoms with van der Waals surface area (Å²) in [6, 6.07) is 14.5. The van der Waals surface area contributed by atoms with Crippen molar-refractivity contribution in [3.05, 3.63) is 70.8 Å². The molecule has 0 saturated carbocycles. The Labute approximate surface area is 128 Å². The zero-order chi connectivity index (χ0) is 15.3. The molecule has 0 aromatic heterocycles. The normalized spacial score (nSPS) is 22.5. The molecular weight excluding hydrogens is 278 g/mol. The summed E-state index contributed by atoms with van der Waals surface area (Å²) in [5.41, 5.74) is 3.25. The molecule has 2 atom stereocenters. The average Bonchev–Trinajstić information content (AvgIpc) is 2.54. The number of hydrogen-bond donors (Lipinski definition) is 1. The number of amides is 1. The van der Waals surface area contributed by atoms with E-state index < -0.39 is 17.9 Å². The maximum atomic E-state index is 12.8. The number of nitrogens with zero attached hydrogens (tertiary/aromatic N) is 1. The molecular formula is C18H15NO3. The number of aliphatic carboxylic acids is 1. The van der Waals surface area contributed by atoms with E-state index in [4.69, 9.17) is 0 Å². The number of fused-ring (bicyclic) bond motifs is 4. The first kappa shape index (κ1) is 13.1. The average molecular weight is 293 g/mol. The fourth-order valence-electron chi connectivity index (χ4n) is 3.74. The van der Waals surface area contributed by atoms with Crippen LogP contribution in [0.2, 0.25) is 0 Å². The first-order chi connectivity index (χ1) is 10.7. The van der Waals surface area contributed by atoms with Gasteiger partial charge < -0.3 is 10.0 Å². The van der Waals surface area contributed by atoms with E-state index in [-0.39, 0.29) is 5.91 Å². The van der Waals surface area contributed by atoms with Gasteiger partial charge in [-0.05, 0) is 29.2 Å². The summed E-state index contributed by atoms with van der Waals surface area (Å²) in [5, 5.41) is 9.80. The van der Waals surface area contributed by atoms with Gasteiger partial charge in [0.05, 0.1) is 6.04 Å². The lowest BCUT2D eigenvalue weighted by atomic mass is 9.76. The number of hydrogen-bond acceptors (Lipinski definition) is 2. The Hall–Kier alpha value is -2.62. The molecule has 4 nitrogen and oxygen atoms in total. The highest BCUT2D eigenvalue weighted by molar-refractivity contribution is 6.00. The van der Waals surface area contributed by atoms with Crippen molar-refractivity contribution in [2.75, 3.05) is 6.54 Å². The van der Waals surface area contributed by atoms with Crippen molar-refractivity contribution in [3.63, 3.8) is 0 Å². The zero-order valence-electron chi connectivity index (χ0n) is 11.9. The Balaban J connectivity index is 1.97. The van der Waals surface area contributed by atoms with Gasteiger partial charge in [0.15, 0.2) is 0 Å². The molecule has 22 heavy (non-hydrogen) atoms. The molecule has 2 aromatic carbocycles. The van der Waals surface area contributed by atoms with E-state index in [0.717, 1.165) is 17.5 Å². The van der Waals surface area contributed by atoms with Gasteiger partial charge in [0.1, 0.15) is 5.92 Å². The molecule has 0 bridgehead atoms. The van der Waals surface area contributed by atoms with Crippen LogP contribution in [0.3, 0.4) is 0 Å². The summed E-state index contributed by atoms with van der Waals surface area (Å²) < 4.78 is 0. The molecule has 110 valence electrons. The Morgan fingerprint density at radius 1 is 1.05 bits per heavy atom. The van der Waals surface area contributed by atoms with Gasteiger partial charge >= 0.3 is 5.97 Å². The van der Waals surface area contributed by atoms with Crippen molar-refractivity contribution in [2.45, 2.75) is 18.4 Å². The van der Waals surface area contributed by atoms with Crippen LogP contribution >= 0.6 is 0 Å². The van der Waals surface area contributed by atoms with Crippen LogP contribution in [0.4, 0.5) is 0 Å². The van der Waals surface area contributed by atoms with E-state index in [1.54, 1.807) is 29.2 Å². The van der Waals surface area contributed by atoms with Crippen LogP contribution < -0.4 is 0 Å². The lowest BCUT2D eigenvalue weighted by Gasteiger charge is -2.44. The van der Waals surface area contributed by atoms with Gasteiger partial charge in [-0.2, -0.15) is 0 Å². The van der Waals surface area contributed by atoms with Crippen molar-refractivity contribution in [3.8, 4) is 0 Å². The lowest BCUT2D eigenvalue weighted by molar-refractivity contribution is -0.140. The van der Waals surface area contributed by atoms with Gasteiger partial charge in [-0.15, -0.1) is 0 Å². The molecule has 0 fully saturated rings. The third kappa shape index (κ3) is 1.70. The van der Waals surface area contributed by atoms with E-state index in [0.29, 0.717) is 17.7 Å². The second kappa shape index (κ2) is 4.70. The predicted octanol–water partition coefficient (Wildman–Crippen LogP) is 2.61. The third-order valence-corrected chi connectivity index (χ3v) is 4.70. The zero-order valence-corrected chi connectivity index (χ0v) is 11.9. The van der Waals surface area contributed by atoms with Gasteiger partial charge in [0.25, 0.3) is 5.91 Å². The highest BCUT2D eigenvalue weighted by Crippen LogP contribution is 2.45. The summed E-state index contributed by atoms with van der Waals surface area (Å²) in [5.74, 6) is -1.66. The second-order valence-corrected chi connectivity index (χ2v) is 5.80. The van der Waals surface area contributed by atoms with Gasteiger partial charge in [0.2, 0.25) is 0 Å². The Morgan fingerprint density at radius 2 is 1.73 bits per heavy atom. The number of rotatable bonds is 1. The molecule has 1 N–H and O–H groups in total. The summed E-state index contributed by atoms with van der Waals surface area (Å²) in [6.45, 7) is 0.568. The molecule has 2 aliphatic rings. The van der Waals surface area contributed by atoms with E-state index in [1.807, 2.05) is 24.3 Å². The molecule has 0 unspecified atom stereocenters. The highest BCUT2D eigenvalue weighted by Gasteiger charge is 2.46. The molecule has 2 heterocycles. The number of carboxylic acids is 1. The van der Waals surface area contributed by atoms with Gasteiger partial charge in [-0.1, -0.05) is 42.5 Å². The van der Waals surface area contributed by atoms with Crippen molar-refractivity contribution in [2.24, 2.45) is 0 Å². The van der Waals surface area contributed by atoms with Crippen LogP contribution in [0, 0.1) is 0 Å². The van der Waals surface area contributed by atoms with Crippen LogP contribution in [-0.2, 0) is 11.2 Å². The Kier molecular flexibility index (Phi) is 2.79. The standard InChI is InChI=1S/C18H15NO3/c20-17-14-8-4-3-7-13(14)15(18(21)22)16-12-6-2-1-5-11(12)9-10-19(16)17/h1-8,15-16H,9-10H2,(H,21,22)/t15-,16+/m0/s1. The van der Waals surface area contributed by atoms with Crippen LogP contribution in [0.5, 0.6) is 0 Å². The van der Waals surface area contributed by atoms with Crippen molar-refractivity contribution >= 4 is 11.9 Å². The smallest absolute Gasteiger partial charge is 0.313 e. The number of carbonyl (C=O) groups excluding carboxylic acids is 1. The van der Waals surface area contributed by atoms with Gasteiger partial charge in [-0.25, -0.2) is 0 Å². The summed E-state index contributed by atoms with van der Waals surface area (Å²) in [6.07, 6.45) is 0.771. The molecule has 2 aromatic rings. The summed E-state index contributed by atoms with van der Waals surface area (Å²) in [4.78, 5) is 26.4. The monoisotopic (exact) mass is 293 g/mol. The lowest BCUT2D eigenvalue weighted by Crippen LogP contribution is -2.48. The van der Waals surface area contributed by atoms with Crippen LogP contribution in [-0.4, -0.2) is 28.4 Å². The van der Waals surface area contributed by atoms with Gasteiger partial charge in [0, 0.05) is 12.1 Å². The quantitative estimate of drug-likeness (QED) is 0.879. The molecule has 0 spiro atoms. The second-order valence-electron chi connectivity index (χ2n) is 5.80. The van der Waals surface area contributed by atoms with Crippen molar-refractivity contribution < 1.29 is 14.7 Å². The van der Waals surface area contributed by atoms with Crippen molar-refractivity contribution in [1.82, 2.24) is 4.90 Å². The third-order valence-electron chi connectivity index (χ3n) is 4.70. The number of benzene rings is 2. The fraction of sp³-hybridized carbons (Fsp3) is 0.222. The number of carbonyl (C=O) groups is 2. The predicted molar refractivity (Wildman–Crippen MR) is 80.7 cm³/mol. The maximum Gasteiger partial charge on any atom is 0.313 e. The molecule has 4 rings (SSSR count). The highest BCUT2D eigenvalue weighted by atomic mass is 16.4. The molecule has 0 aliphatic carbocycles. The van der Waals surface area contributed by atoms with E-state index in [1.165, 1.54) is 0 Å². The molecule has 4 heteroatoms. The van der Waals surface area contributed by atoms with Gasteiger partial charge in [-0.3, -0.25) is 9.59 Å². The first-order valence-electron chi connectivity index (χ1n) is 7.39.